The van der Waals surface area contributed by atoms with E-state index in [4.69, 9.17) is 16.3 Å². The van der Waals surface area contributed by atoms with E-state index < -0.39 is 17.2 Å². The molecule has 0 aromatic carbocycles. The predicted molar refractivity (Wildman–Crippen MR) is 97.1 cm³/mol. The Morgan fingerprint density at radius 1 is 1.44 bits per heavy atom. The number of aromatic amines is 1. The van der Waals surface area contributed by atoms with E-state index in [0.29, 0.717) is 51.0 Å². The van der Waals surface area contributed by atoms with Crippen LogP contribution < -0.4 is 5.32 Å². The van der Waals surface area contributed by atoms with Gasteiger partial charge in [0.1, 0.15) is 5.82 Å². The van der Waals surface area contributed by atoms with Crippen LogP contribution in [0.2, 0.25) is 5.28 Å². The van der Waals surface area contributed by atoms with Gasteiger partial charge in [0.25, 0.3) is 0 Å². The molecule has 2 amide bonds. The number of hydrogen-bond donors (Lipinski definition) is 3. The number of nitrogens with one attached hydrogen (secondary N) is 2. The Bertz CT molecular complexity index is 699. The third-order valence-corrected chi connectivity index (χ3v) is 5.64. The largest absolute Gasteiger partial charge is 0.388 e. The highest BCUT2D eigenvalue weighted by atomic mass is 35.5. The number of likely N-dealkylation sites (tertiary alicyclic amines) is 1. The molecule has 3 N–H and O–H groups in total. The molecule has 0 saturated carbocycles. The molecular formula is C17H26ClN5O4. The Morgan fingerprint density at radius 3 is 2.70 bits per heavy atom. The van der Waals surface area contributed by atoms with Crippen molar-refractivity contribution in [2.75, 3.05) is 19.7 Å². The van der Waals surface area contributed by atoms with Gasteiger partial charge in [-0.05, 0) is 31.4 Å². The van der Waals surface area contributed by atoms with Gasteiger partial charge in [-0.2, -0.15) is 0 Å². The van der Waals surface area contributed by atoms with Gasteiger partial charge >= 0.3 is 0 Å². The molecule has 150 valence electrons. The lowest BCUT2D eigenvalue weighted by Gasteiger charge is -2.51. The van der Waals surface area contributed by atoms with Crippen LogP contribution in [0.3, 0.4) is 0 Å². The zero-order valence-corrected chi connectivity index (χ0v) is 16.4. The summed E-state index contributed by atoms with van der Waals surface area (Å²) in [6.45, 7) is 4.59. The number of amides is 2. The zero-order chi connectivity index (χ0) is 19.7. The smallest absolute Gasteiger partial charge is 0.242 e. The Labute approximate surface area is 162 Å². The first kappa shape index (κ1) is 20.0. The van der Waals surface area contributed by atoms with Crippen LogP contribution in [0.1, 0.15) is 45.4 Å². The summed E-state index contributed by atoms with van der Waals surface area (Å²) in [5.74, 6) is 0.460. The van der Waals surface area contributed by atoms with Gasteiger partial charge in [0.15, 0.2) is 0 Å². The molecule has 0 unspecified atom stereocenters. The first-order valence-corrected chi connectivity index (χ1v) is 9.55. The number of piperidine rings is 1. The van der Waals surface area contributed by atoms with Gasteiger partial charge in [0.2, 0.25) is 17.1 Å². The molecule has 2 fully saturated rings. The Morgan fingerprint density at radius 2 is 2.15 bits per heavy atom. The maximum atomic E-state index is 12.4. The molecule has 2 saturated heterocycles. The van der Waals surface area contributed by atoms with E-state index in [2.05, 4.69) is 20.5 Å². The Hall–Kier alpha value is -1.71. The second-order valence-corrected chi connectivity index (χ2v) is 8.05. The van der Waals surface area contributed by atoms with E-state index >= 15 is 0 Å². The average molecular weight is 400 g/mol. The number of hydrogen-bond acceptors (Lipinski definition) is 6. The number of halogens is 1. The normalized spacial score (nSPS) is 27.6. The summed E-state index contributed by atoms with van der Waals surface area (Å²) in [6.07, 6.45) is 2.56. The van der Waals surface area contributed by atoms with E-state index in [1.165, 1.54) is 6.92 Å². The summed E-state index contributed by atoms with van der Waals surface area (Å²) in [4.78, 5) is 29.6. The minimum Gasteiger partial charge on any atom is -0.388 e. The number of rotatable bonds is 4. The van der Waals surface area contributed by atoms with E-state index in [1.54, 1.807) is 6.92 Å². The molecule has 2 aliphatic rings. The molecule has 1 aromatic heterocycles. The van der Waals surface area contributed by atoms with Gasteiger partial charge < -0.3 is 20.1 Å². The molecule has 1 spiro atoms. The van der Waals surface area contributed by atoms with Crippen LogP contribution in [0.15, 0.2) is 0 Å². The highest BCUT2D eigenvalue weighted by molar-refractivity contribution is 6.28. The van der Waals surface area contributed by atoms with Crippen molar-refractivity contribution in [3.05, 3.63) is 11.1 Å². The van der Waals surface area contributed by atoms with Crippen molar-refractivity contribution in [1.82, 2.24) is 25.4 Å². The van der Waals surface area contributed by atoms with E-state index in [0.717, 1.165) is 0 Å². The zero-order valence-electron chi connectivity index (χ0n) is 15.6. The van der Waals surface area contributed by atoms with Crippen molar-refractivity contribution in [2.24, 2.45) is 0 Å². The first-order chi connectivity index (χ1) is 12.7. The Kier molecular flexibility index (Phi) is 5.73. The molecular weight excluding hydrogens is 374 g/mol. The molecule has 10 heteroatoms. The van der Waals surface area contributed by atoms with Crippen molar-refractivity contribution >= 4 is 23.4 Å². The van der Waals surface area contributed by atoms with E-state index in [-0.39, 0.29) is 23.7 Å². The summed E-state index contributed by atoms with van der Waals surface area (Å²) in [7, 11) is 0. The molecule has 3 heterocycles. The van der Waals surface area contributed by atoms with Gasteiger partial charge in [-0.25, -0.2) is 4.98 Å². The van der Waals surface area contributed by atoms with E-state index in [1.807, 2.05) is 4.90 Å². The van der Waals surface area contributed by atoms with Crippen LogP contribution in [0.5, 0.6) is 0 Å². The van der Waals surface area contributed by atoms with E-state index in [9.17, 15) is 14.7 Å². The van der Waals surface area contributed by atoms with Gasteiger partial charge in [0.05, 0.1) is 23.9 Å². The lowest BCUT2D eigenvalue weighted by atomic mass is 9.75. The van der Waals surface area contributed by atoms with Crippen molar-refractivity contribution in [3.63, 3.8) is 0 Å². The van der Waals surface area contributed by atoms with Crippen LogP contribution in [0.25, 0.3) is 0 Å². The first-order valence-electron chi connectivity index (χ1n) is 9.17. The van der Waals surface area contributed by atoms with Crippen LogP contribution in [-0.2, 0) is 20.7 Å². The van der Waals surface area contributed by atoms with Gasteiger partial charge in [-0.1, -0.05) is 0 Å². The lowest BCUT2D eigenvalue weighted by Crippen LogP contribution is -2.64. The van der Waals surface area contributed by atoms with Crippen molar-refractivity contribution < 1.29 is 19.4 Å². The summed E-state index contributed by atoms with van der Waals surface area (Å²) < 4.78 is 6.07. The molecule has 9 nitrogen and oxygen atoms in total. The van der Waals surface area contributed by atoms with Gasteiger partial charge in [0, 0.05) is 39.3 Å². The monoisotopic (exact) mass is 399 g/mol. The standard InChI is InChI=1S/C17H26ClN5O4/c1-11(24)19-12-9-27-17(10-16(12,2)26)5-7-23(8-6-17)14(25)4-3-13-20-15(18)22-21-13/h12,26H,3-10H2,1-2H3,(H,19,24)(H,20,21,22)/t12-,16-/m0/s1. The molecule has 2 aliphatic heterocycles. The summed E-state index contributed by atoms with van der Waals surface area (Å²) in [5, 5.41) is 20.1. The molecule has 27 heavy (non-hydrogen) atoms. The maximum Gasteiger partial charge on any atom is 0.242 e. The van der Waals surface area contributed by atoms with Crippen LogP contribution >= 0.6 is 11.6 Å². The number of ether oxygens (including phenoxy) is 1. The van der Waals surface area contributed by atoms with Crippen LogP contribution in [0.4, 0.5) is 0 Å². The Balaban J connectivity index is 1.51. The minimum absolute atomic E-state index is 0.0519. The quantitative estimate of drug-likeness (QED) is 0.675. The van der Waals surface area contributed by atoms with Gasteiger partial charge in [-0.15, -0.1) is 5.10 Å². The summed E-state index contributed by atoms with van der Waals surface area (Å²) in [5.41, 5.74) is -1.49. The third kappa shape index (κ3) is 4.77. The molecule has 0 aliphatic carbocycles. The third-order valence-electron chi connectivity index (χ3n) is 5.47. The molecule has 1 aromatic rings. The maximum absolute atomic E-state index is 12.4. The minimum atomic E-state index is -1.04. The number of aromatic nitrogens is 3. The topological polar surface area (TPSA) is 120 Å². The number of nitrogens with zero attached hydrogens (tertiary/aromatic N) is 3. The van der Waals surface area contributed by atoms with Crippen molar-refractivity contribution in [3.8, 4) is 0 Å². The van der Waals surface area contributed by atoms with Crippen molar-refractivity contribution in [1.29, 1.82) is 0 Å². The van der Waals surface area contributed by atoms with Crippen molar-refractivity contribution in [2.45, 2.75) is 63.2 Å². The lowest BCUT2D eigenvalue weighted by molar-refractivity contribution is -0.190. The van der Waals surface area contributed by atoms with Gasteiger partial charge in [-0.3, -0.25) is 14.7 Å². The number of H-pyrrole nitrogens is 1. The van der Waals surface area contributed by atoms with Crippen LogP contribution in [-0.4, -0.2) is 73.9 Å². The van der Waals surface area contributed by atoms with Crippen LogP contribution in [0, 0.1) is 0 Å². The molecule has 3 rings (SSSR count). The average Bonchev–Trinajstić information content (AvgIpc) is 3.01. The second-order valence-electron chi connectivity index (χ2n) is 7.71. The number of aliphatic hydroxyl groups is 1. The fourth-order valence-electron chi connectivity index (χ4n) is 3.96. The molecule has 0 radical (unpaired) electrons. The molecule has 0 bridgehead atoms. The number of carbonyl (C=O) groups is 2. The number of aryl methyl sites for hydroxylation is 1. The predicted octanol–water partition coefficient (Wildman–Crippen LogP) is 0.428. The fourth-order valence-corrected chi connectivity index (χ4v) is 4.10. The summed E-state index contributed by atoms with van der Waals surface area (Å²) >= 11 is 5.66. The highest BCUT2D eigenvalue weighted by Gasteiger charge is 2.49. The number of carbonyl (C=O) groups excluding carboxylic acids is 2. The SMILES string of the molecule is CC(=O)N[C@H]1COC2(CCN(C(=O)CCc3nc(Cl)n[nH]3)CC2)C[C@]1(C)O. The fraction of sp³-hybridized carbons (Fsp3) is 0.765. The highest BCUT2D eigenvalue weighted by Crippen LogP contribution is 2.39. The summed E-state index contributed by atoms with van der Waals surface area (Å²) in [6, 6.07) is -0.422. The second kappa shape index (κ2) is 7.73. The molecule has 2 atom stereocenters.